The number of unbranched alkanes of at least 4 members (excludes halogenated alkanes) is 1. The Labute approximate surface area is 164 Å². The molecule has 0 radical (unpaired) electrons. The zero-order valence-electron chi connectivity index (χ0n) is 16.1. The molecule has 2 aliphatic rings. The molecule has 1 aromatic rings. The zero-order chi connectivity index (χ0) is 20.1. The molecule has 0 amide bonds. The van der Waals surface area contributed by atoms with E-state index in [9.17, 15) is 14.5 Å². The summed E-state index contributed by atoms with van der Waals surface area (Å²) in [5, 5.41) is 20.6. The maximum absolute atomic E-state index is 13.1. The highest BCUT2D eigenvalue weighted by atomic mass is 19.1. The third kappa shape index (κ3) is 4.67. The van der Waals surface area contributed by atoms with Crippen molar-refractivity contribution in [3.05, 3.63) is 57.7 Å². The summed E-state index contributed by atoms with van der Waals surface area (Å²) in [6, 6.07) is 6.60. The van der Waals surface area contributed by atoms with Gasteiger partial charge in [0.15, 0.2) is 0 Å². The molecule has 0 saturated carbocycles. The summed E-state index contributed by atoms with van der Waals surface area (Å²) < 4.78 is 13.1. The van der Waals surface area contributed by atoms with Crippen LogP contribution in [0.2, 0.25) is 0 Å². The van der Waals surface area contributed by atoms with Crippen molar-refractivity contribution in [1.29, 1.82) is 0 Å². The van der Waals surface area contributed by atoms with Crippen molar-refractivity contribution in [3.8, 4) is 0 Å². The Hall–Kier alpha value is -2.48. The molecule has 7 nitrogen and oxygen atoms in total. The molecule has 8 heteroatoms. The van der Waals surface area contributed by atoms with Gasteiger partial charge >= 0.3 is 5.70 Å². The van der Waals surface area contributed by atoms with Gasteiger partial charge in [-0.2, -0.15) is 0 Å². The van der Waals surface area contributed by atoms with E-state index in [0.717, 1.165) is 24.8 Å². The first-order chi connectivity index (χ1) is 13.5. The van der Waals surface area contributed by atoms with E-state index in [4.69, 9.17) is 5.11 Å². The molecule has 1 unspecified atom stereocenters. The summed E-state index contributed by atoms with van der Waals surface area (Å²) >= 11 is 0. The maximum atomic E-state index is 13.1. The summed E-state index contributed by atoms with van der Waals surface area (Å²) in [6.07, 6.45) is 4.55. The van der Waals surface area contributed by atoms with Gasteiger partial charge in [0, 0.05) is 26.2 Å². The topological polar surface area (TPSA) is 82.2 Å². The minimum absolute atomic E-state index is 0.0299. The van der Waals surface area contributed by atoms with E-state index < -0.39 is 0 Å². The van der Waals surface area contributed by atoms with E-state index in [1.807, 2.05) is 28.9 Å². The molecule has 0 bridgehead atoms. The van der Waals surface area contributed by atoms with Crippen molar-refractivity contribution in [2.45, 2.75) is 44.7 Å². The number of amidine groups is 1. The lowest BCUT2D eigenvalue weighted by molar-refractivity contribution is -0.417. The average Bonchev–Trinajstić information content (AvgIpc) is 2.69. The Morgan fingerprint density at radius 2 is 1.93 bits per heavy atom. The lowest BCUT2D eigenvalue weighted by atomic mass is 9.89. The summed E-state index contributed by atoms with van der Waals surface area (Å²) in [5.41, 5.74) is 1.14. The number of aliphatic hydroxyl groups excluding tert-OH is 1. The first-order valence-electron chi connectivity index (χ1n) is 9.81. The Bertz CT molecular complexity index is 742. The number of nitro groups is 1. The Morgan fingerprint density at radius 3 is 2.54 bits per heavy atom. The third-order valence-electron chi connectivity index (χ3n) is 5.46. The lowest BCUT2D eigenvalue weighted by Gasteiger charge is -2.36. The highest BCUT2D eigenvalue weighted by molar-refractivity contribution is 5.96. The third-order valence-corrected chi connectivity index (χ3v) is 5.46. The highest BCUT2D eigenvalue weighted by Crippen LogP contribution is 2.30. The van der Waals surface area contributed by atoms with Crippen molar-refractivity contribution in [2.24, 2.45) is 4.99 Å². The van der Waals surface area contributed by atoms with Gasteiger partial charge in [-0.3, -0.25) is 10.1 Å². The van der Waals surface area contributed by atoms with E-state index in [1.54, 1.807) is 6.20 Å². The number of piperidine rings is 1. The summed E-state index contributed by atoms with van der Waals surface area (Å²) in [6.45, 7) is 4.04. The number of halogens is 1. The van der Waals surface area contributed by atoms with Gasteiger partial charge in [-0.15, -0.1) is 0 Å². The van der Waals surface area contributed by atoms with Gasteiger partial charge in [-0.1, -0.05) is 12.1 Å². The minimum Gasteiger partial charge on any atom is -0.396 e. The number of nitrogens with zero attached hydrogens (tertiary/aromatic N) is 4. The Balaban J connectivity index is 1.67. The van der Waals surface area contributed by atoms with Gasteiger partial charge in [0.05, 0.1) is 11.1 Å². The molecular weight excluding hydrogens is 363 g/mol. The van der Waals surface area contributed by atoms with Gasteiger partial charge in [0.25, 0.3) is 0 Å². The molecule has 0 aromatic heterocycles. The molecule has 28 heavy (non-hydrogen) atoms. The first-order valence-corrected chi connectivity index (χ1v) is 9.81. The number of aliphatic imine (C=N–C) groups is 1. The number of benzene rings is 1. The second-order valence-corrected chi connectivity index (χ2v) is 7.34. The highest BCUT2D eigenvalue weighted by Gasteiger charge is 2.34. The smallest absolute Gasteiger partial charge is 0.326 e. The van der Waals surface area contributed by atoms with E-state index >= 15 is 0 Å². The summed E-state index contributed by atoms with van der Waals surface area (Å²) in [7, 11) is 0. The molecular formula is C20H27FN4O3. The van der Waals surface area contributed by atoms with Crippen LogP contribution in [0.1, 0.15) is 44.1 Å². The van der Waals surface area contributed by atoms with Crippen molar-refractivity contribution in [2.75, 3.05) is 26.2 Å². The fourth-order valence-electron chi connectivity index (χ4n) is 3.83. The number of rotatable bonds is 6. The summed E-state index contributed by atoms with van der Waals surface area (Å²) in [4.78, 5) is 19.8. The van der Waals surface area contributed by atoms with E-state index in [1.165, 1.54) is 12.1 Å². The maximum Gasteiger partial charge on any atom is 0.326 e. The van der Waals surface area contributed by atoms with Crippen LogP contribution in [-0.2, 0) is 0 Å². The SMILES string of the molecule is CC1N=C(N2CCC(c3ccc(F)cc3)CC2)C([N+](=O)[O-])=CN1CCCCO. The van der Waals surface area contributed by atoms with Crippen LogP contribution in [0.4, 0.5) is 4.39 Å². The molecule has 2 aliphatic heterocycles. The van der Waals surface area contributed by atoms with Crippen LogP contribution in [0.15, 0.2) is 41.2 Å². The quantitative estimate of drug-likeness (QED) is 0.459. The van der Waals surface area contributed by atoms with Crippen LogP contribution in [-0.4, -0.2) is 58.1 Å². The molecule has 1 aromatic carbocycles. The van der Waals surface area contributed by atoms with Crippen LogP contribution in [0.5, 0.6) is 0 Å². The molecule has 1 N–H and O–H groups in total. The Kier molecular flexibility index (Phi) is 6.61. The van der Waals surface area contributed by atoms with Gasteiger partial charge in [-0.25, -0.2) is 9.38 Å². The van der Waals surface area contributed by atoms with Gasteiger partial charge in [0.1, 0.15) is 12.0 Å². The van der Waals surface area contributed by atoms with E-state index in [-0.39, 0.29) is 29.2 Å². The molecule has 152 valence electrons. The second-order valence-electron chi connectivity index (χ2n) is 7.34. The van der Waals surface area contributed by atoms with Crippen LogP contribution in [0.3, 0.4) is 0 Å². The molecule has 0 spiro atoms. The van der Waals surface area contributed by atoms with Crippen molar-refractivity contribution in [1.82, 2.24) is 9.80 Å². The molecule has 0 aliphatic carbocycles. The monoisotopic (exact) mass is 390 g/mol. The van der Waals surface area contributed by atoms with E-state index in [0.29, 0.717) is 37.8 Å². The van der Waals surface area contributed by atoms with Crippen molar-refractivity contribution >= 4 is 5.84 Å². The Morgan fingerprint density at radius 1 is 1.25 bits per heavy atom. The van der Waals surface area contributed by atoms with E-state index in [2.05, 4.69) is 4.99 Å². The van der Waals surface area contributed by atoms with Crippen LogP contribution >= 0.6 is 0 Å². The van der Waals surface area contributed by atoms with Crippen LogP contribution < -0.4 is 0 Å². The van der Waals surface area contributed by atoms with Gasteiger partial charge in [0.2, 0.25) is 5.84 Å². The number of likely N-dealkylation sites (tertiary alicyclic amines) is 1. The number of aliphatic hydroxyl groups is 1. The van der Waals surface area contributed by atoms with Gasteiger partial charge in [-0.05, 0) is 56.2 Å². The standard InChI is InChI=1S/C20H27FN4O3/c1-15-22-20(19(25(27)28)14-24(15)10-2-3-13-26)23-11-8-17(9-12-23)16-4-6-18(21)7-5-16/h4-7,14-15,17,26H,2-3,8-13H2,1H3. The summed E-state index contributed by atoms with van der Waals surface area (Å²) in [5.74, 6) is 0.543. The average molecular weight is 390 g/mol. The number of hydrogen-bond donors (Lipinski definition) is 1. The van der Waals surface area contributed by atoms with Crippen molar-refractivity contribution < 1.29 is 14.4 Å². The second kappa shape index (κ2) is 9.14. The molecule has 2 heterocycles. The lowest BCUT2D eigenvalue weighted by Crippen LogP contribution is -2.45. The normalized spacial score (nSPS) is 20.8. The largest absolute Gasteiger partial charge is 0.396 e. The van der Waals surface area contributed by atoms with Crippen LogP contribution in [0, 0.1) is 15.9 Å². The molecule has 1 atom stereocenters. The van der Waals surface area contributed by atoms with Gasteiger partial charge < -0.3 is 14.9 Å². The predicted molar refractivity (Wildman–Crippen MR) is 105 cm³/mol. The van der Waals surface area contributed by atoms with Crippen molar-refractivity contribution in [3.63, 3.8) is 0 Å². The molecule has 1 saturated heterocycles. The molecule has 3 rings (SSSR count). The minimum atomic E-state index is -0.365. The fraction of sp³-hybridized carbons (Fsp3) is 0.550. The predicted octanol–water partition coefficient (Wildman–Crippen LogP) is 2.96. The van der Waals surface area contributed by atoms with Crippen LogP contribution in [0.25, 0.3) is 0 Å². The fourth-order valence-corrected chi connectivity index (χ4v) is 3.83. The zero-order valence-corrected chi connectivity index (χ0v) is 16.1. The first kappa shape index (κ1) is 20.3. The molecule has 1 fully saturated rings. The number of hydrogen-bond acceptors (Lipinski definition) is 6.